The second-order valence-corrected chi connectivity index (χ2v) is 8.88. The Balaban J connectivity index is 1.87. The third-order valence-corrected chi connectivity index (χ3v) is 5.21. The SMILES string of the molecule is CC(c1ncncc1-c1cccc2cnccc12)N(C(=O)OC(C)(C)C)c1cc(F)cc(F)c1. The number of hydrogen-bond donors (Lipinski definition) is 0. The summed E-state index contributed by atoms with van der Waals surface area (Å²) in [6, 6.07) is 9.85. The Labute approximate surface area is 196 Å². The van der Waals surface area contributed by atoms with E-state index in [1.807, 2.05) is 24.3 Å². The molecule has 1 unspecified atom stereocenters. The number of rotatable bonds is 4. The summed E-state index contributed by atoms with van der Waals surface area (Å²) in [4.78, 5) is 27.3. The summed E-state index contributed by atoms with van der Waals surface area (Å²) in [6.07, 6.45) is 5.74. The maximum absolute atomic E-state index is 14.1. The summed E-state index contributed by atoms with van der Waals surface area (Å²) in [5.74, 6) is -1.61. The average molecular weight is 463 g/mol. The summed E-state index contributed by atoms with van der Waals surface area (Å²) < 4.78 is 33.8. The minimum Gasteiger partial charge on any atom is -0.443 e. The van der Waals surface area contributed by atoms with E-state index in [4.69, 9.17) is 4.74 Å². The Hall–Kier alpha value is -3.94. The Morgan fingerprint density at radius 1 is 1.00 bits per heavy atom. The number of ether oxygens (including phenoxy) is 1. The van der Waals surface area contributed by atoms with Gasteiger partial charge in [0, 0.05) is 35.6 Å². The number of aromatic nitrogens is 3. The zero-order valence-corrected chi connectivity index (χ0v) is 19.3. The van der Waals surface area contributed by atoms with Gasteiger partial charge in [-0.25, -0.2) is 23.5 Å². The summed E-state index contributed by atoms with van der Waals surface area (Å²) in [7, 11) is 0. The monoisotopic (exact) mass is 462 g/mol. The average Bonchev–Trinajstić information content (AvgIpc) is 2.77. The van der Waals surface area contributed by atoms with Crippen molar-refractivity contribution in [2.24, 2.45) is 0 Å². The quantitative estimate of drug-likeness (QED) is 0.348. The number of amides is 1. The lowest BCUT2D eigenvalue weighted by Crippen LogP contribution is -2.39. The number of pyridine rings is 1. The van der Waals surface area contributed by atoms with Crippen LogP contribution in [0.15, 0.2) is 67.4 Å². The molecule has 2 aromatic carbocycles. The molecular formula is C26H24F2N4O2. The van der Waals surface area contributed by atoms with E-state index in [1.165, 1.54) is 11.2 Å². The molecule has 34 heavy (non-hydrogen) atoms. The van der Waals surface area contributed by atoms with Crippen LogP contribution in [0, 0.1) is 11.6 Å². The highest BCUT2D eigenvalue weighted by molar-refractivity contribution is 5.97. The lowest BCUT2D eigenvalue weighted by Gasteiger charge is -2.32. The van der Waals surface area contributed by atoms with Crippen molar-refractivity contribution in [2.45, 2.75) is 39.3 Å². The molecule has 2 aromatic heterocycles. The minimum atomic E-state index is -0.821. The molecule has 0 saturated heterocycles. The molecule has 0 radical (unpaired) electrons. The third-order valence-electron chi connectivity index (χ3n) is 5.21. The fourth-order valence-corrected chi connectivity index (χ4v) is 3.84. The molecule has 1 atom stereocenters. The number of carbonyl (C=O) groups is 1. The van der Waals surface area contributed by atoms with Gasteiger partial charge in [0.25, 0.3) is 0 Å². The van der Waals surface area contributed by atoms with Crippen LogP contribution in [0.1, 0.15) is 39.4 Å². The number of nitrogens with zero attached hydrogens (tertiary/aromatic N) is 4. The first-order valence-corrected chi connectivity index (χ1v) is 10.8. The van der Waals surface area contributed by atoms with Crippen molar-refractivity contribution in [3.8, 4) is 11.1 Å². The Morgan fingerprint density at radius 3 is 2.44 bits per heavy atom. The smallest absolute Gasteiger partial charge is 0.415 e. The van der Waals surface area contributed by atoms with E-state index in [1.54, 1.807) is 46.3 Å². The van der Waals surface area contributed by atoms with Crippen molar-refractivity contribution in [3.05, 3.63) is 84.7 Å². The standard InChI is InChI=1S/C26H24F2N4O2/c1-16(32(25(33)34-26(2,3)4)20-11-18(27)10-19(28)12-20)24-23(14-30-15-31-24)22-7-5-6-17-13-29-9-8-21(17)22/h5-16H,1-4H3. The van der Waals surface area contributed by atoms with Crippen LogP contribution in [-0.2, 0) is 4.74 Å². The van der Waals surface area contributed by atoms with Gasteiger partial charge >= 0.3 is 6.09 Å². The predicted octanol–water partition coefficient (Wildman–Crippen LogP) is 6.47. The van der Waals surface area contributed by atoms with Crippen molar-refractivity contribution in [3.63, 3.8) is 0 Å². The summed E-state index contributed by atoms with van der Waals surface area (Å²) >= 11 is 0. The van der Waals surface area contributed by atoms with Crippen molar-refractivity contribution in [2.75, 3.05) is 4.90 Å². The molecular weight excluding hydrogens is 438 g/mol. The zero-order valence-electron chi connectivity index (χ0n) is 19.3. The van der Waals surface area contributed by atoms with Gasteiger partial charge in [-0.1, -0.05) is 18.2 Å². The fraction of sp³-hybridized carbons (Fsp3) is 0.231. The Morgan fingerprint density at radius 2 is 1.74 bits per heavy atom. The van der Waals surface area contributed by atoms with Gasteiger partial charge in [0.05, 0.1) is 17.4 Å². The third kappa shape index (κ3) is 4.85. The molecule has 0 aliphatic carbocycles. The fourth-order valence-electron chi connectivity index (χ4n) is 3.84. The lowest BCUT2D eigenvalue weighted by molar-refractivity contribution is 0.0567. The first-order valence-electron chi connectivity index (χ1n) is 10.8. The first kappa shape index (κ1) is 23.2. The van der Waals surface area contributed by atoms with Crippen LogP contribution in [0.3, 0.4) is 0 Å². The molecule has 2 heterocycles. The van der Waals surface area contributed by atoms with Gasteiger partial charge < -0.3 is 4.74 Å². The van der Waals surface area contributed by atoms with E-state index in [-0.39, 0.29) is 5.69 Å². The molecule has 0 aliphatic heterocycles. The van der Waals surface area contributed by atoms with Gasteiger partial charge in [-0.3, -0.25) is 9.88 Å². The van der Waals surface area contributed by atoms with Gasteiger partial charge in [-0.15, -0.1) is 0 Å². The maximum Gasteiger partial charge on any atom is 0.415 e. The molecule has 0 fully saturated rings. The van der Waals surface area contributed by atoms with Gasteiger partial charge in [-0.2, -0.15) is 0 Å². The van der Waals surface area contributed by atoms with Gasteiger partial charge in [0.1, 0.15) is 23.6 Å². The van der Waals surface area contributed by atoms with Crippen molar-refractivity contribution >= 4 is 22.6 Å². The molecule has 0 aliphatic rings. The van der Waals surface area contributed by atoms with Crippen molar-refractivity contribution in [1.29, 1.82) is 0 Å². The Bertz CT molecular complexity index is 1330. The van der Waals surface area contributed by atoms with Crippen LogP contribution in [0.2, 0.25) is 0 Å². The van der Waals surface area contributed by atoms with Crippen LogP contribution < -0.4 is 4.90 Å². The Kier molecular flexibility index (Phi) is 6.24. The molecule has 4 aromatic rings. The van der Waals surface area contributed by atoms with Crippen LogP contribution >= 0.6 is 0 Å². The van der Waals surface area contributed by atoms with E-state index < -0.39 is 29.4 Å². The molecule has 1 amide bonds. The van der Waals surface area contributed by atoms with Gasteiger partial charge in [0.15, 0.2) is 0 Å². The van der Waals surface area contributed by atoms with Crippen LogP contribution in [0.25, 0.3) is 21.9 Å². The van der Waals surface area contributed by atoms with Crippen molar-refractivity contribution in [1.82, 2.24) is 15.0 Å². The summed E-state index contributed by atoms with van der Waals surface area (Å²) in [5, 5.41) is 1.86. The second kappa shape index (κ2) is 9.13. The van der Waals surface area contributed by atoms with E-state index in [0.717, 1.165) is 34.5 Å². The van der Waals surface area contributed by atoms with E-state index in [9.17, 15) is 13.6 Å². The van der Waals surface area contributed by atoms with E-state index in [2.05, 4.69) is 15.0 Å². The molecule has 4 rings (SSSR count). The number of hydrogen-bond acceptors (Lipinski definition) is 5. The first-order chi connectivity index (χ1) is 16.1. The van der Waals surface area contributed by atoms with Gasteiger partial charge in [0.2, 0.25) is 0 Å². The van der Waals surface area contributed by atoms with Crippen LogP contribution in [0.5, 0.6) is 0 Å². The molecule has 0 bridgehead atoms. The van der Waals surface area contributed by atoms with Gasteiger partial charge in [-0.05, 0) is 56.8 Å². The second-order valence-electron chi connectivity index (χ2n) is 8.88. The molecule has 6 nitrogen and oxygen atoms in total. The van der Waals surface area contributed by atoms with Crippen LogP contribution in [0.4, 0.5) is 19.3 Å². The molecule has 0 N–H and O–H groups in total. The molecule has 0 saturated carbocycles. The van der Waals surface area contributed by atoms with E-state index >= 15 is 0 Å². The zero-order chi connectivity index (χ0) is 24.5. The van der Waals surface area contributed by atoms with E-state index in [0.29, 0.717) is 11.3 Å². The number of halogens is 2. The number of benzene rings is 2. The maximum atomic E-state index is 14.1. The normalized spacial score (nSPS) is 12.4. The molecule has 0 spiro atoms. The lowest BCUT2D eigenvalue weighted by atomic mass is 9.96. The topological polar surface area (TPSA) is 68.2 Å². The number of anilines is 1. The largest absolute Gasteiger partial charge is 0.443 e. The highest BCUT2D eigenvalue weighted by Crippen LogP contribution is 2.36. The molecule has 174 valence electrons. The number of fused-ring (bicyclic) bond motifs is 1. The van der Waals surface area contributed by atoms with Crippen molar-refractivity contribution < 1.29 is 18.3 Å². The highest BCUT2D eigenvalue weighted by atomic mass is 19.1. The molecule has 8 heteroatoms. The minimum absolute atomic E-state index is 0.0194. The number of carbonyl (C=O) groups excluding carboxylic acids is 1. The highest BCUT2D eigenvalue weighted by Gasteiger charge is 2.31. The predicted molar refractivity (Wildman–Crippen MR) is 126 cm³/mol. The summed E-state index contributed by atoms with van der Waals surface area (Å²) in [6.45, 7) is 6.89. The summed E-state index contributed by atoms with van der Waals surface area (Å²) in [5.41, 5.74) is 1.22. The van der Waals surface area contributed by atoms with Crippen LogP contribution in [-0.4, -0.2) is 26.6 Å².